The van der Waals surface area contributed by atoms with Gasteiger partial charge in [0.1, 0.15) is 0 Å². The molecule has 0 aliphatic heterocycles. The van der Waals surface area contributed by atoms with Gasteiger partial charge >= 0.3 is 0 Å². The van der Waals surface area contributed by atoms with Crippen molar-refractivity contribution in [3.8, 4) is 0 Å². The molecule has 0 spiro atoms. The van der Waals surface area contributed by atoms with Gasteiger partial charge in [0.05, 0.1) is 0 Å². The molecule has 0 saturated heterocycles. The van der Waals surface area contributed by atoms with E-state index in [0.29, 0.717) is 6.04 Å². The van der Waals surface area contributed by atoms with Gasteiger partial charge in [-0.05, 0) is 49.7 Å². The van der Waals surface area contributed by atoms with Crippen LogP contribution < -0.4 is 5.32 Å². The summed E-state index contributed by atoms with van der Waals surface area (Å²) in [5, 5.41) is 5.66. The van der Waals surface area contributed by atoms with Crippen molar-refractivity contribution < 1.29 is 0 Å². The Morgan fingerprint density at radius 1 is 1.54 bits per heavy atom. The number of thiophene rings is 1. The fourth-order valence-corrected chi connectivity index (χ4v) is 2.99. The van der Waals surface area contributed by atoms with Crippen molar-refractivity contribution in [1.82, 2.24) is 5.32 Å². The van der Waals surface area contributed by atoms with Crippen LogP contribution in [-0.2, 0) is 12.8 Å². The van der Waals surface area contributed by atoms with Crippen molar-refractivity contribution in [2.75, 3.05) is 7.05 Å². The molecule has 13 heavy (non-hydrogen) atoms. The van der Waals surface area contributed by atoms with Crippen molar-refractivity contribution in [1.29, 1.82) is 0 Å². The molecule has 1 aromatic rings. The van der Waals surface area contributed by atoms with E-state index in [0.717, 1.165) is 0 Å². The van der Waals surface area contributed by atoms with Crippen molar-refractivity contribution in [3.63, 3.8) is 0 Å². The van der Waals surface area contributed by atoms with Crippen molar-refractivity contribution >= 4 is 23.7 Å². The Balaban J connectivity index is 0.000000845. The number of hydrogen-bond donors (Lipinski definition) is 1. The average Bonchev–Trinajstić information content (AvgIpc) is 2.47. The first-order valence-corrected chi connectivity index (χ1v) is 5.42. The number of likely N-dealkylation sites (N-methyl/N-ethyl adjacent to an activating group) is 1. The summed E-state index contributed by atoms with van der Waals surface area (Å²) in [5.74, 6) is 0. The highest BCUT2D eigenvalue weighted by Gasteiger charge is 2.19. The van der Waals surface area contributed by atoms with Crippen LogP contribution in [0, 0.1) is 6.92 Å². The highest BCUT2D eigenvalue weighted by molar-refractivity contribution is 7.10. The summed E-state index contributed by atoms with van der Waals surface area (Å²) in [4.78, 5) is 1.62. The van der Waals surface area contributed by atoms with E-state index in [2.05, 4.69) is 24.7 Å². The van der Waals surface area contributed by atoms with Crippen molar-refractivity contribution in [2.45, 2.75) is 32.2 Å². The number of nitrogens with one attached hydrogen (secondary N) is 1. The molecule has 1 aliphatic rings. The normalized spacial score (nSPS) is 20.6. The smallest absolute Gasteiger partial charge is 0.0108 e. The first-order valence-electron chi connectivity index (χ1n) is 4.54. The SMILES string of the molecule is CN[C@@H]1CCc2scc(C)c2C1.Cl. The molecule has 0 bridgehead atoms. The zero-order chi connectivity index (χ0) is 8.55. The molecule has 0 aromatic carbocycles. The Labute approximate surface area is 90.0 Å². The molecule has 74 valence electrons. The molecule has 0 unspecified atom stereocenters. The predicted molar refractivity (Wildman–Crippen MR) is 61.2 cm³/mol. The van der Waals surface area contributed by atoms with E-state index in [4.69, 9.17) is 0 Å². The molecule has 1 nitrogen and oxygen atoms in total. The van der Waals surface area contributed by atoms with E-state index >= 15 is 0 Å². The molecule has 0 saturated carbocycles. The summed E-state index contributed by atoms with van der Waals surface area (Å²) < 4.78 is 0. The molecule has 0 fully saturated rings. The van der Waals surface area contributed by atoms with Crippen LogP contribution in [0.5, 0.6) is 0 Å². The monoisotopic (exact) mass is 217 g/mol. The largest absolute Gasteiger partial charge is 0.317 e. The zero-order valence-corrected chi connectivity index (χ0v) is 9.73. The Bertz CT molecular complexity index is 282. The minimum Gasteiger partial charge on any atom is -0.317 e. The van der Waals surface area contributed by atoms with E-state index in [1.165, 1.54) is 24.8 Å². The van der Waals surface area contributed by atoms with Gasteiger partial charge in [-0.1, -0.05) is 0 Å². The summed E-state index contributed by atoms with van der Waals surface area (Å²) in [6.45, 7) is 2.23. The lowest BCUT2D eigenvalue weighted by molar-refractivity contribution is 0.499. The lowest BCUT2D eigenvalue weighted by atomic mass is 9.92. The van der Waals surface area contributed by atoms with Gasteiger partial charge in [-0.25, -0.2) is 0 Å². The van der Waals surface area contributed by atoms with Gasteiger partial charge in [0.2, 0.25) is 0 Å². The maximum Gasteiger partial charge on any atom is 0.0108 e. The first-order chi connectivity index (χ1) is 5.81. The molecule has 0 amide bonds. The van der Waals surface area contributed by atoms with Crippen LogP contribution in [0.25, 0.3) is 0 Å². The van der Waals surface area contributed by atoms with Gasteiger partial charge in [-0.3, -0.25) is 0 Å². The number of fused-ring (bicyclic) bond motifs is 1. The second kappa shape index (κ2) is 4.45. The second-order valence-electron chi connectivity index (χ2n) is 3.55. The molecule has 2 rings (SSSR count). The number of aryl methyl sites for hydroxylation is 2. The average molecular weight is 218 g/mol. The molecular weight excluding hydrogens is 202 g/mol. The second-order valence-corrected chi connectivity index (χ2v) is 4.51. The van der Waals surface area contributed by atoms with Crippen molar-refractivity contribution in [2.24, 2.45) is 0 Å². The third-order valence-corrected chi connectivity index (χ3v) is 3.98. The molecule has 0 radical (unpaired) electrons. The van der Waals surface area contributed by atoms with Gasteiger partial charge in [0.15, 0.2) is 0 Å². The van der Waals surface area contributed by atoms with E-state index in [1.807, 2.05) is 11.3 Å². The fourth-order valence-electron chi connectivity index (χ4n) is 1.91. The first kappa shape index (κ1) is 11.0. The van der Waals surface area contributed by atoms with E-state index in [-0.39, 0.29) is 12.4 Å². The fraction of sp³-hybridized carbons (Fsp3) is 0.600. The van der Waals surface area contributed by atoms with Crippen LogP contribution in [0.2, 0.25) is 0 Å². The number of hydrogen-bond acceptors (Lipinski definition) is 2. The van der Waals surface area contributed by atoms with Gasteiger partial charge in [-0.15, -0.1) is 23.7 Å². The number of halogens is 1. The van der Waals surface area contributed by atoms with Crippen LogP contribution >= 0.6 is 23.7 Å². The van der Waals surface area contributed by atoms with E-state index in [1.54, 1.807) is 10.4 Å². The van der Waals surface area contributed by atoms with Crippen LogP contribution in [0.4, 0.5) is 0 Å². The summed E-state index contributed by atoms with van der Waals surface area (Å²) in [7, 11) is 2.07. The molecule has 1 atom stereocenters. The van der Waals surface area contributed by atoms with Gasteiger partial charge in [-0.2, -0.15) is 0 Å². The Hall–Kier alpha value is -0.0500. The molecule has 1 N–H and O–H groups in total. The minimum absolute atomic E-state index is 0. The van der Waals surface area contributed by atoms with Gasteiger partial charge in [0, 0.05) is 10.9 Å². The quantitative estimate of drug-likeness (QED) is 0.763. The highest BCUT2D eigenvalue weighted by Crippen LogP contribution is 2.29. The van der Waals surface area contributed by atoms with Gasteiger partial charge < -0.3 is 5.32 Å². The lowest BCUT2D eigenvalue weighted by Crippen LogP contribution is -2.31. The van der Waals surface area contributed by atoms with Crippen LogP contribution in [0.1, 0.15) is 22.4 Å². The summed E-state index contributed by atoms with van der Waals surface area (Å²) in [6.07, 6.45) is 3.82. The van der Waals surface area contributed by atoms with Crippen molar-refractivity contribution in [3.05, 3.63) is 21.4 Å². The summed E-state index contributed by atoms with van der Waals surface area (Å²) >= 11 is 1.94. The molecule has 3 heteroatoms. The van der Waals surface area contributed by atoms with Gasteiger partial charge in [0.25, 0.3) is 0 Å². The van der Waals surface area contributed by atoms with Crippen LogP contribution in [0.3, 0.4) is 0 Å². The third kappa shape index (κ3) is 2.06. The number of rotatable bonds is 1. The standard InChI is InChI=1S/C10H15NS.ClH/c1-7-6-12-10-4-3-8(11-2)5-9(7)10;/h6,8,11H,3-5H2,1-2H3;1H/t8-;/m1./s1. The minimum atomic E-state index is 0. The van der Waals surface area contributed by atoms with E-state index in [9.17, 15) is 0 Å². The third-order valence-electron chi connectivity index (χ3n) is 2.77. The Morgan fingerprint density at radius 2 is 2.31 bits per heavy atom. The summed E-state index contributed by atoms with van der Waals surface area (Å²) in [5.41, 5.74) is 3.11. The molecule has 1 aliphatic carbocycles. The van der Waals surface area contributed by atoms with Crippen LogP contribution in [-0.4, -0.2) is 13.1 Å². The molecular formula is C10H16ClNS. The molecule has 1 heterocycles. The molecule has 1 aromatic heterocycles. The topological polar surface area (TPSA) is 12.0 Å². The van der Waals surface area contributed by atoms with E-state index < -0.39 is 0 Å². The summed E-state index contributed by atoms with van der Waals surface area (Å²) in [6, 6.07) is 0.714. The lowest BCUT2D eigenvalue weighted by Gasteiger charge is -2.22. The zero-order valence-electron chi connectivity index (χ0n) is 8.09. The Morgan fingerprint density at radius 3 is 3.00 bits per heavy atom. The predicted octanol–water partition coefficient (Wildman–Crippen LogP) is 2.56. The maximum atomic E-state index is 3.37. The Kier molecular flexibility index (Phi) is 3.77. The van der Waals surface area contributed by atoms with Crippen LogP contribution in [0.15, 0.2) is 5.38 Å². The highest BCUT2D eigenvalue weighted by atomic mass is 35.5. The maximum absolute atomic E-state index is 3.37.